The Morgan fingerprint density at radius 1 is 0.405 bits per heavy atom. The SMILES string of the molecule is CC(C)(C)c1ccc(-c2cc3c4c(c2)N(c2ccc5c(c2)C(C)(C)CCC5(C)C)c2c(sc5c2C(C)(C)CCC5(C)C)B4c2cc4c(cc2N3c2ccc3c(c2)C(C)(C)CCC3(C)C)C(C)(C)CCC4(C)C)cc1. The molecule has 4 aliphatic carbocycles. The average molecular weight is 999 g/mol. The van der Waals surface area contributed by atoms with Crippen LogP contribution in [0.3, 0.4) is 0 Å². The molecule has 12 rings (SSSR count). The van der Waals surface area contributed by atoms with Crippen molar-refractivity contribution in [3.8, 4) is 11.1 Å². The molecular weight excluding hydrogens is 912 g/mol. The summed E-state index contributed by atoms with van der Waals surface area (Å²) in [4.78, 5) is 7.20. The number of nitrogens with zero attached hydrogens (tertiary/aromatic N) is 2. The van der Waals surface area contributed by atoms with Gasteiger partial charge in [0.2, 0.25) is 0 Å². The molecule has 2 aliphatic heterocycles. The molecule has 4 heteroatoms. The normalized spacial score (nSPS) is 22.3. The second-order valence-corrected chi connectivity index (χ2v) is 31.9. The van der Waals surface area contributed by atoms with E-state index in [2.05, 4.69) is 238 Å². The van der Waals surface area contributed by atoms with Crippen LogP contribution >= 0.6 is 11.3 Å². The van der Waals surface area contributed by atoms with E-state index >= 15 is 0 Å². The third-order valence-corrected chi connectivity index (χ3v) is 22.4. The van der Waals surface area contributed by atoms with Crippen LogP contribution in [0.5, 0.6) is 0 Å². The monoisotopic (exact) mass is 999 g/mol. The summed E-state index contributed by atoms with van der Waals surface area (Å²) in [5.74, 6) is 0. The molecule has 0 radical (unpaired) electrons. The minimum Gasteiger partial charge on any atom is -0.311 e. The molecule has 0 fully saturated rings. The minimum absolute atomic E-state index is 0.00149. The molecule has 0 amide bonds. The van der Waals surface area contributed by atoms with Crippen molar-refractivity contribution in [3.05, 3.63) is 134 Å². The van der Waals surface area contributed by atoms with E-state index in [1.165, 1.54) is 146 Å². The van der Waals surface area contributed by atoms with E-state index in [1.807, 2.05) is 0 Å². The van der Waals surface area contributed by atoms with E-state index in [-0.39, 0.29) is 55.4 Å². The molecule has 74 heavy (non-hydrogen) atoms. The lowest BCUT2D eigenvalue weighted by molar-refractivity contribution is 0.332. The van der Waals surface area contributed by atoms with Gasteiger partial charge in [0, 0.05) is 38.1 Å². The number of rotatable bonds is 3. The first kappa shape index (κ1) is 50.3. The Kier molecular flexibility index (Phi) is 10.6. The second-order valence-electron chi connectivity index (χ2n) is 30.9. The van der Waals surface area contributed by atoms with Crippen LogP contribution in [0.2, 0.25) is 0 Å². The fourth-order valence-corrected chi connectivity index (χ4v) is 16.9. The fraction of sp³-hybridized carbons (Fsp3) is 0.514. The summed E-state index contributed by atoms with van der Waals surface area (Å²) in [5.41, 5.74) is 26.3. The van der Waals surface area contributed by atoms with Crippen LogP contribution in [0.25, 0.3) is 11.1 Å². The van der Waals surface area contributed by atoms with Crippen LogP contribution in [0, 0.1) is 0 Å². The zero-order chi connectivity index (χ0) is 53.0. The Balaban J connectivity index is 1.25. The summed E-state index contributed by atoms with van der Waals surface area (Å²) >= 11 is 2.17. The molecule has 0 atom stereocenters. The van der Waals surface area contributed by atoms with Crippen molar-refractivity contribution in [2.24, 2.45) is 0 Å². The first-order valence-electron chi connectivity index (χ1n) is 28.8. The Labute approximate surface area is 452 Å². The molecule has 0 N–H and O–H groups in total. The molecule has 6 aliphatic rings. The molecule has 0 unspecified atom stereocenters. The molecule has 5 aromatic carbocycles. The van der Waals surface area contributed by atoms with Crippen LogP contribution in [0.1, 0.15) is 232 Å². The number of hydrogen-bond donors (Lipinski definition) is 0. The molecule has 3 heterocycles. The van der Waals surface area contributed by atoms with Crippen molar-refractivity contribution < 1.29 is 0 Å². The van der Waals surface area contributed by atoms with Crippen LogP contribution in [0.4, 0.5) is 34.1 Å². The van der Waals surface area contributed by atoms with Gasteiger partial charge < -0.3 is 9.80 Å². The van der Waals surface area contributed by atoms with E-state index in [0.29, 0.717) is 0 Å². The van der Waals surface area contributed by atoms with E-state index in [4.69, 9.17) is 0 Å². The van der Waals surface area contributed by atoms with Crippen LogP contribution in [-0.2, 0) is 48.7 Å². The quantitative estimate of drug-likeness (QED) is 0.163. The molecule has 0 saturated carbocycles. The van der Waals surface area contributed by atoms with E-state index in [1.54, 1.807) is 16.0 Å². The molecule has 2 nitrogen and oxygen atoms in total. The standard InChI is InChI=1S/C70H87BN2S/c1-62(2,3)44-22-20-42(21-23-44)43-36-55-58-56(37-43)73(46-25-27-48-50(39-46)66(10,11)31-29-64(48,6)7)59-57-60(70(18,19)35-34-69(57,16)17)74-61(59)71(58)53-40-51-52(68(14,15)33-32-67(51,12)13)41-54(53)72(55)45-24-26-47-49(38-45)65(8,9)30-28-63(47,4)5/h20-27,36-41H,28-35H2,1-19H3. The molecule has 0 bridgehead atoms. The summed E-state index contributed by atoms with van der Waals surface area (Å²) in [6, 6.07) is 35.7. The Bertz CT molecular complexity index is 3340. The van der Waals surface area contributed by atoms with Crippen molar-refractivity contribution in [3.63, 3.8) is 0 Å². The first-order valence-corrected chi connectivity index (χ1v) is 29.6. The van der Waals surface area contributed by atoms with E-state index < -0.39 is 0 Å². The van der Waals surface area contributed by atoms with Crippen LogP contribution in [0.15, 0.2) is 84.9 Å². The average Bonchev–Trinajstić information content (AvgIpc) is 3.75. The summed E-state index contributed by atoms with van der Waals surface area (Å²) in [7, 11) is 0. The van der Waals surface area contributed by atoms with Gasteiger partial charge in [-0.3, -0.25) is 0 Å². The van der Waals surface area contributed by atoms with Gasteiger partial charge in [0.1, 0.15) is 0 Å². The minimum atomic E-state index is -0.00149. The lowest BCUT2D eigenvalue weighted by Gasteiger charge is -2.48. The number of hydrogen-bond acceptors (Lipinski definition) is 3. The largest absolute Gasteiger partial charge is 0.311 e. The summed E-state index contributed by atoms with van der Waals surface area (Å²) in [6.07, 6.45) is 9.52. The Morgan fingerprint density at radius 2 is 0.824 bits per heavy atom. The summed E-state index contributed by atoms with van der Waals surface area (Å²) in [5, 5.41) is 0. The third-order valence-electron chi connectivity index (χ3n) is 20.8. The second kappa shape index (κ2) is 15.6. The predicted molar refractivity (Wildman–Crippen MR) is 324 cm³/mol. The third kappa shape index (κ3) is 7.34. The highest BCUT2D eigenvalue weighted by Gasteiger charge is 2.53. The topological polar surface area (TPSA) is 6.48 Å². The van der Waals surface area contributed by atoms with Crippen molar-refractivity contribution in [1.82, 2.24) is 0 Å². The Morgan fingerprint density at radius 3 is 1.32 bits per heavy atom. The zero-order valence-corrected chi connectivity index (χ0v) is 49.9. The van der Waals surface area contributed by atoms with Gasteiger partial charge in [-0.15, -0.1) is 0 Å². The smallest absolute Gasteiger partial charge is 0.264 e. The number of fused-ring (bicyclic) bond motifs is 9. The molecule has 386 valence electrons. The predicted octanol–water partition coefficient (Wildman–Crippen LogP) is 18.2. The first-order chi connectivity index (χ1) is 34.2. The fourth-order valence-electron chi connectivity index (χ4n) is 15.1. The van der Waals surface area contributed by atoms with Gasteiger partial charge in [-0.2, -0.15) is 11.3 Å². The summed E-state index contributed by atoms with van der Waals surface area (Å²) in [6.45, 7) is 47.3. The van der Waals surface area contributed by atoms with Gasteiger partial charge in [0.15, 0.2) is 0 Å². The Hall–Kier alpha value is -4.54. The lowest BCUT2D eigenvalue weighted by atomic mass is 9.35. The van der Waals surface area contributed by atoms with Crippen LogP contribution in [-0.4, -0.2) is 6.71 Å². The van der Waals surface area contributed by atoms with Gasteiger partial charge in [-0.05, 0) is 209 Å². The lowest BCUT2D eigenvalue weighted by Crippen LogP contribution is -2.61. The van der Waals surface area contributed by atoms with Gasteiger partial charge in [-0.25, -0.2) is 0 Å². The van der Waals surface area contributed by atoms with Crippen molar-refractivity contribution >= 4 is 67.9 Å². The van der Waals surface area contributed by atoms with E-state index in [9.17, 15) is 0 Å². The van der Waals surface area contributed by atoms with Crippen LogP contribution < -0.4 is 25.5 Å². The maximum atomic E-state index is 2.83. The highest BCUT2D eigenvalue weighted by atomic mass is 32.1. The number of thiophene rings is 1. The molecule has 1 aromatic heterocycles. The van der Waals surface area contributed by atoms with Gasteiger partial charge in [0.05, 0.1) is 5.69 Å². The van der Waals surface area contributed by atoms with Crippen molar-refractivity contribution in [2.75, 3.05) is 9.80 Å². The molecule has 0 saturated heterocycles. The van der Waals surface area contributed by atoms with Crippen molar-refractivity contribution in [1.29, 1.82) is 0 Å². The van der Waals surface area contributed by atoms with Gasteiger partial charge >= 0.3 is 0 Å². The summed E-state index contributed by atoms with van der Waals surface area (Å²) < 4.78 is 1.54. The van der Waals surface area contributed by atoms with Gasteiger partial charge in [-0.1, -0.05) is 174 Å². The maximum Gasteiger partial charge on any atom is 0.264 e. The van der Waals surface area contributed by atoms with E-state index in [0.717, 1.165) is 0 Å². The maximum absolute atomic E-state index is 2.83. The number of anilines is 6. The molecule has 6 aromatic rings. The number of benzene rings is 5. The van der Waals surface area contributed by atoms with Crippen molar-refractivity contribution in [2.45, 2.75) is 232 Å². The van der Waals surface area contributed by atoms with Gasteiger partial charge in [0.25, 0.3) is 6.71 Å². The highest BCUT2D eigenvalue weighted by molar-refractivity contribution is 7.29. The molecular formula is C70H87BN2S. The molecule has 0 spiro atoms. The highest BCUT2D eigenvalue weighted by Crippen LogP contribution is 2.59. The zero-order valence-electron chi connectivity index (χ0n) is 49.1.